The van der Waals surface area contributed by atoms with Crippen molar-refractivity contribution in [2.24, 2.45) is 5.92 Å². The van der Waals surface area contributed by atoms with E-state index in [4.69, 9.17) is 9.47 Å². The van der Waals surface area contributed by atoms with Crippen molar-refractivity contribution in [1.82, 2.24) is 0 Å². The van der Waals surface area contributed by atoms with Crippen molar-refractivity contribution in [2.75, 3.05) is 0 Å². The van der Waals surface area contributed by atoms with E-state index in [-0.39, 0.29) is 24.4 Å². The Hall–Kier alpha value is -1.58. The van der Waals surface area contributed by atoms with Crippen LogP contribution in [0.3, 0.4) is 0 Å². The Morgan fingerprint density at radius 2 is 2.11 bits per heavy atom. The Morgan fingerprint density at radius 1 is 1.28 bits per heavy atom. The highest BCUT2D eigenvalue weighted by atomic mass is 16.6. The van der Waals surface area contributed by atoms with Gasteiger partial charge >= 0.3 is 11.9 Å². The van der Waals surface area contributed by atoms with E-state index in [0.29, 0.717) is 0 Å². The molecule has 3 atom stereocenters. The second-order valence-corrected chi connectivity index (χ2v) is 4.64. The van der Waals surface area contributed by atoms with Crippen molar-refractivity contribution in [3.8, 4) is 0 Å². The number of allylic oxidation sites excluding steroid dienone is 3. The maximum absolute atomic E-state index is 11.4. The fourth-order valence-electron chi connectivity index (χ4n) is 2.23. The number of ether oxygens (including phenoxy) is 2. The van der Waals surface area contributed by atoms with E-state index < -0.39 is 12.1 Å². The molecule has 0 aromatic rings. The second kappa shape index (κ2) is 5.85. The largest absolute Gasteiger partial charge is 0.455 e. The molecule has 0 radical (unpaired) electrons. The summed E-state index contributed by atoms with van der Waals surface area (Å²) in [5.41, 5.74) is 0. The fraction of sp³-hybridized carbons (Fsp3) is 0.571. The van der Waals surface area contributed by atoms with Crippen LogP contribution in [0.4, 0.5) is 0 Å². The van der Waals surface area contributed by atoms with E-state index in [1.807, 2.05) is 18.2 Å². The first-order chi connectivity index (χ1) is 8.72. The van der Waals surface area contributed by atoms with Crippen LogP contribution < -0.4 is 0 Å². The number of carbonyl (C=O) groups is 2. The normalized spacial score (nSPS) is 31.1. The van der Waals surface area contributed by atoms with Crippen LogP contribution in [-0.2, 0) is 19.1 Å². The van der Waals surface area contributed by atoms with E-state index in [1.54, 1.807) is 0 Å². The van der Waals surface area contributed by atoms with Crippen molar-refractivity contribution >= 4 is 11.9 Å². The molecule has 2 rings (SSSR count). The lowest BCUT2D eigenvalue weighted by molar-refractivity contribution is -0.157. The molecule has 0 amide bonds. The fourth-order valence-corrected chi connectivity index (χ4v) is 2.23. The van der Waals surface area contributed by atoms with Crippen LogP contribution in [0.5, 0.6) is 0 Å². The molecule has 98 valence electrons. The highest BCUT2D eigenvalue weighted by Crippen LogP contribution is 2.34. The molecule has 4 nitrogen and oxygen atoms in total. The molecular formula is C14H18O4. The van der Waals surface area contributed by atoms with Gasteiger partial charge in [-0.2, -0.15) is 0 Å². The summed E-state index contributed by atoms with van der Waals surface area (Å²) in [4.78, 5) is 22.6. The molecule has 0 aromatic heterocycles. The zero-order valence-corrected chi connectivity index (χ0v) is 10.5. The van der Waals surface area contributed by atoms with Gasteiger partial charge in [0.15, 0.2) is 0 Å². The van der Waals surface area contributed by atoms with Gasteiger partial charge in [0.05, 0.1) is 12.3 Å². The van der Waals surface area contributed by atoms with Gasteiger partial charge in [0.1, 0.15) is 6.10 Å². The number of esters is 2. The summed E-state index contributed by atoms with van der Waals surface area (Å²) in [6, 6.07) is 0. The quantitative estimate of drug-likeness (QED) is 0.426. The number of rotatable bonds is 5. The number of carbonyl (C=O) groups excluding carboxylic acids is 2. The summed E-state index contributed by atoms with van der Waals surface area (Å²) in [6.07, 6.45) is 10.4. The lowest BCUT2D eigenvalue weighted by Crippen LogP contribution is -2.19. The molecule has 0 saturated carbocycles. The molecule has 0 aromatic carbocycles. The standard InChI is InChI=1S/C14H18O4/c1-2-3-4-5-6-7-8-11-10-9-12(15)18-13(10)14(16)17-11/h5-8,10-11,13H,2-4,9H2,1H3/b6-5+,8-7+/t10-,11-,13-/m1/s1. The molecule has 0 unspecified atom stereocenters. The van der Waals surface area contributed by atoms with Crippen molar-refractivity contribution in [3.63, 3.8) is 0 Å². The molecule has 2 aliphatic heterocycles. The highest BCUT2D eigenvalue weighted by Gasteiger charge is 2.51. The van der Waals surface area contributed by atoms with E-state index in [2.05, 4.69) is 13.0 Å². The van der Waals surface area contributed by atoms with E-state index in [1.165, 1.54) is 12.8 Å². The maximum Gasteiger partial charge on any atom is 0.348 e. The number of hydrogen-bond donors (Lipinski definition) is 0. The third-order valence-corrected chi connectivity index (χ3v) is 3.23. The lowest BCUT2D eigenvalue weighted by Gasteiger charge is -2.07. The number of fused-ring (bicyclic) bond motifs is 1. The van der Waals surface area contributed by atoms with Crippen LogP contribution in [0.15, 0.2) is 24.3 Å². The van der Waals surface area contributed by atoms with E-state index >= 15 is 0 Å². The third kappa shape index (κ3) is 2.81. The average molecular weight is 250 g/mol. The molecule has 0 N–H and O–H groups in total. The van der Waals surface area contributed by atoms with Gasteiger partial charge in [0, 0.05) is 0 Å². The average Bonchev–Trinajstić information content (AvgIpc) is 2.85. The maximum atomic E-state index is 11.4. The van der Waals surface area contributed by atoms with Gasteiger partial charge in [0.25, 0.3) is 0 Å². The molecule has 0 aliphatic carbocycles. The second-order valence-electron chi connectivity index (χ2n) is 4.64. The molecule has 0 spiro atoms. The van der Waals surface area contributed by atoms with Crippen LogP contribution in [-0.4, -0.2) is 24.1 Å². The monoisotopic (exact) mass is 250 g/mol. The smallest absolute Gasteiger partial charge is 0.348 e. The predicted octanol–water partition coefficient (Wildman–Crippen LogP) is 2.15. The van der Waals surface area contributed by atoms with Gasteiger partial charge < -0.3 is 9.47 Å². The topological polar surface area (TPSA) is 52.6 Å². The third-order valence-electron chi connectivity index (χ3n) is 3.23. The van der Waals surface area contributed by atoms with E-state index in [0.717, 1.165) is 6.42 Å². The predicted molar refractivity (Wildman–Crippen MR) is 65.7 cm³/mol. The van der Waals surface area contributed by atoms with Gasteiger partial charge in [0.2, 0.25) is 6.10 Å². The number of cyclic esters (lactones) is 1. The van der Waals surface area contributed by atoms with Crippen molar-refractivity contribution in [2.45, 2.75) is 44.8 Å². The molecule has 18 heavy (non-hydrogen) atoms. The van der Waals surface area contributed by atoms with Gasteiger partial charge in [-0.1, -0.05) is 38.0 Å². The molecule has 2 fully saturated rings. The van der Waals surface area contributed by atoms with Crippen LogP contribution in [0.2, 0.25) is 0 Å². The zero-order chi connectivity index (χ0) is 13.0. The van der Waals surface area contributed by atoms with Gasteiger partial charge in [-0.3, -0.25) is 4.79 Å². The summed E-state index contributed by atoms with van der Waals surface area (Å²) in [5.74, 6) is -0.876. The first-order valence-corrected chi connectivity index (χ1v) is 6.45. The van der Waals surface area contributed by atoms with Gasteiger partial charge in [-0.15, -0.1) is 0 Å². The minimum Gasteiger partial charge on any atom is -0.455 e. The van der Waals surface area contributed by atoms with Crippen LogP contribution >= 0.6 is 0 Å². The Morgan fingerprint density at radius 3 is 2.89 bits per heavy atom. The van der Waals surface area contributed by atoms with Crippen LogP contribution in [0.1, 0.15) is 32.6 Å². The molecule has 4 heteroatoms. The Balaban J connectivity index is 1.86. The summed E-state index contributed by atoms with van der Waals surface area (Å²) < 4.78 is 10.1. The Bertz CT molecular complexity index is 383. The number of hydrogen-bond acceptors (Lipinski definition) is 4. The van der Waals surface area contributed by atoms with Crippen molar-refractivity contribution < 1.29 is 19.1 Å². The molecule has 2 heterocycles. The molecular weight excluding hydrogens is 232 g/mol. The highest BCUT2D eigenvalue weighted by molar-refractivity contribution is 5.86. The first-order valence-electron chi connectivity index (χ1n) is 6.45. The SMILES string of the molecule is CCCC/C=C/C=C/[C@H]1OC(=O)[C@@H]2OC(=O)C[C@H]12. The summed E-state index contributed by atoms with van der Waals surface area (Å²) in [7, 11) is 0. The van der Waals surface area contributed by atoms with Crippen molar-refractivity contribution in [1.29, 1.82) is 0 Å². The first kappa shape index (κ1) is 12.9. The summed E-state index contributed by atoms with van der Waals surface area (Å²) in [5, 5.41) is 0. The zero-order valence-electron chi connectivity index (χ0n) is 10.5. The molecule has 0 bridgehead atoms. The lowest BCUT2D eigenvalue weighted by atomic mass is 9.97. The minimum atomic E-state index is -0.684. The molecule has 2 aliphatic rings. The Labute approximate surface area is 107 Å². The van der Waals surface area contributed by atoms with Crippen LogP contribution in [0.25, 0.3) is 0 Å². The summed E-state index contributed by atoms with van der Waals surface area (Å²) in [6.45, 7) is 2.15. The summed E-state index contributed by atoms with van der Waals surface area (Å²) >= 11 is 0. The van der Waals surface area contributed by atoms with Crippen LogP contribution in [0, 0.1) is 5.92 Å². The molecule has 2 saturated heterocycles. The van der Waals surface area contributed by atoms with Crippen molar-refractivity contribution in [3.05, 3.63) is 24.3 Å². The van der Waals surface area contributed by atoms with E-state index in [9.17, 15) is 9.59 Å². The Kier molecular flexibility index (Phi) is 4.18. The minimum absolute atomic E-state index is 0.148. The van der Waals surface area contributed by atoms with Gasteiger partial charge in [-0.25, -0.2) is 4.79 Å². The number of unbranched alkanes of at least 4 members (excludes halogenated alkanes) is 2. The van der Waals surface area contributed by atoms with Gasteiger partial charge in [-0.05, 0) is 12.5 Å².